The van der Waals surface area contributed by atoms with Crippen LogP contribution >= 0.6 is 0 Å². The van der Waals surface area contributed by atoms with Crippen LogP contribution in [-0.4, -0.2) is 12.5 Å². The predicted molar refractivity (Wildman–Crippen MR) is 76.8 cm³/mol. The molecule has 2 aliphatic carbocycles. The molecule has 0 bridgehead atoms. The topological polar surface area (TPSA) is 17.1 Å². The van der Waals surface area contributed by atoms with Gasteiger partial charge in [0.2, 0.25) is 0 Å². The molecule has 0 aliphatic heterocycles. The summed E-state index contributed by atoms with van der Waals surface area (Å²) in [5.41, 5.74) is 0. The highest BCUT2D eigenvalue weighted by molar-refractivity contribution is 5.79. The molecule has 0 unspecified atom stereocenters. The van der Waals surface area contributed by atoms with Crippen molar-refractivity contribution in [2.45, 2.75) is 64.2 Å². The Labute approximate surface area is 116 Å². The third-order valence-electron chi connectivity index (χ3n) is 5.06. The third-order valence-corrected chi connectivity index (χ3v) is 5.06. The summed E-state index contributed by atoms with van der Waals surface area (Å²) in [6, 6.07) is 0. The predicted octanol–water partition coefficient (Wildman–Crippen LogP) is 4.86. The molecule has 2 saturated carbocycles. The maximum Gasteiger partial charge on any atom is 0.132 e. The summed E-state index contributed by atoms with van der Waals surface area (Å²) in [6.45, 7) is -0.232. The molecule has 0 heterocycles. The summed E-state index contributed by atoms with van der Waals surface area (Å²) in [6.07, 6.45) is 15.2. The molecule has 0 aromatic rings. The molecular formula is C17H27FO. The molecule has 0 spiro atoms. The van der Waals surface area contributed by atoms with Gasteiger partial charge in [-0.2, -0.15) is 0 Å². The van der Waals surface area contributed by atoms with Crippen LogP contribution in [0.15, 0.2) is 12.2 Å². The molecular weight excluding hydrogens is 239 g/mol. The fourth-order valence-electron chi connectivity index (χ4n) is 3.80. The van der Waals surface area contributed by atoms with Crippen LogP contribution in [0, 0.1) is 17.8 Å². The Morgan fingerprint density at radius 3 is 2.21 bits per heavy atom. The zero-order valence-electron chi connectivity index (χ0n) is 12.0. The lowest BCUT2D eigenvalue weighted by atomic mass is 9.70. The van der Waals surface area contributed by atoms with E-state index in [0.29, 0.717) is 12.2 Å². The number of hydrogen-bond acceptors (Lipinski definition) is 1. The number of carbonyl (C=O) groups excluding carboxylic acids is 1. The van der Waals surface area contributed by atoms with Crippen LogP contribution in [0.25, 0.3) is 0 Å². The van der Waals surface area contributed by atoms with Crippen molar-refractivity contribution < 1.29 is 9.18 Å². The molecule has 2 fully saturated rings. The van der Waals surface area contributed by atoms with Crippen molar-refractivity contribution in [2.24, 2.45) is 17.8 Å². The molecule has 0 N–H and O–H groups in total. The number of allylic oxidation sites excluding steroid dienone is 2. The Kier molecular flexibility index (Phi) is 6.06. The molecule has 0 atom stereocenters. The Hall–Kier alpha value is -0.660. The van der Waals surface area contributed by atoms with Gasteiger partial charge in [-0.1, -0.05) is 12.2 Å². The van der Waals surface area contributed by atoms with Crippen LogP contribution in [0.1, 0.15) is 64.2 Å². The van der Waals surface area contributed by atoms with Crippen molar-refractivity contribution in [2.75, 3.05) is 6.67 Å². The van der Waals surface area contributed by atoms with E-state index in [0.717, 1.165) is 49.9 Å². The lowest BCUT2D eigenvalue weighted by Gasteiger charge is -2.35. The van der Waals surface area contributed by atoms with Gasteiger partial charge in [0.15, 0.2) is 0 Å². The summed E-state index contributed by atoms with van der Waals surface area (Å²) < 4.78 is 12.0. The second-order valence-electron chi connectivity index (χ2n) is 6.34. The maximum absolute atomic E-state index is 12.0. The van der Waals surface area contributed by atoms with E-state index >= 15 is 0 Å². The third kappa shape index (κ3) is 4.74. The highest BCUT2D eigenvalue weighted by Crippen LogP contribution is 2.40. The van der Waals surface area contributed by atoms with Crippen molar-refractivity contribution in [1.29, 1.82) is 0 Å². The summed E-state index contributed by atoms with van der Waals surface area (Å²) >= 11 is 0. The van der Waals surface area contributed by atoms with Crippen LogP contribution in [-0.2, 0) is 4.79 Å². The standard InChI is InChI=1S/C17H27FO/c18-13-3-1-2-4-14-5-7-15(8-6-14)16-9-11-17(19)12-10-16/h1-2,14-16H,3-13H2. The average Bonchev–Trinajstić information content (AvgIpc) is 2.45. The highest BCUT2D eigenvalue weighted by atomic mass is 19.1. The Balaban J connectivity index is 1.66. The van der Waals surface area contributed by atoms with E-state index in [1.54, 1.807) is 0 Å². The number of carbonyl (C=O) groups is 1. The van der Waals surface area contributed by atoms with Gasteiger partial charge < -0.3 is 0 Å². The molecule has 0 aromatic carbocycles. The number of alkyl halides is 1. The van der Waals surface area contributed by atoms with Crippen molar-refractivity contribution in [3.05, 3.63) is 12.2 Å². The van der Waals surface area contributed by atoms with E-state index in [1.165, 1.54) is 25.7 Å². The smallest absolute Gasteiger partial charge is 0.132 e. The van der Waals surface area contributed by atoms with Crippen molar-refractivity contribution in [3.63, 3.8) is 0 Å². The Morgan fingerprint density at radius 2 is 1.58 bits per heavy atom. The van der Waals surface area contributed by atoms with Gasteiger partial charge >= 0.3 is 0 Å². The molecule has 0 amide bonds. The van der Waals surface area contributed by atoms with Gasteiger partial charge in [-0.15, -0.1) is 0 Å². The molecule has 19 heavy (non-hydrogen) atoms. The lowest BCUT2D eigenvalue weighted by molar-refractivity contribution is -0.121. The normalized spacial score (nSPS) is 30.1. The van der Waals surface area contributed by atoms with Gasteiger partial charge in [-0.25, -0.2) is 0 Å². The Bertz CT molecular complexity index is 292. The molecule has 108 valence electrons. The monoisotopic (exact) mass is 266 g/mol. The van der Waals surface area contributed by atoms with Gasteiger partial charge in [0.1, 0.15) is 5.78 Å². The van der Waals surface area contributed by atoms with Crippen LogP contribution in [0.5, 0.6) is 0 Å². The summed E-state index contributed by atoms with van der Waals surface area (Å²) in [7, 11) is 0. The maximum atomic E-state index is 12.0. The molecule has 1 nitrogen and oxygen atoms in total. The van der Waals surface area contributed by atoms with Crippen molar-refractivity contribution >= 4 is 5.78 Å². The number of hydrogen-bond donors (Lipinski definition) is 0. The van der Waals surface area contributed by atoms with Gasteiger partial charge in [0, 0.05) is 12.8 Å². The SMILES string of the molecule is O=C1CCC(C2CCC(CC=CCCF)CC2)CC1. The van der Waals surface area contributed by atoms with Crippen LogP contribution in [0.2, 0.25) is 0 Å². The van der Waals surface area contributed by atoms with Gasteiger partial charge in [-0.3, -0.25) is 9.18 Å². The molecule has 2 heteroatoms. The molecule has 0 radical (unpaired) electrons. The van der Waals surface area contributed by atoms with Crippen molar-refractivity contribution in [3.8, 4) is 0 Å². The first-order chi connectivity index (χ1) is 9.29. The van der Waals surface area contributed by atoms with Gasteiger partial charge in [-0.05, 0) is 69.1 Å². The Morgan fingerprint density at radius 1 is 0.947 bits per heavy atom. The number of rotatable bonds is 5. The molecule has 0 aromatic heterocycles. The van der Waals surface area contributed by atoms with E-state index in [9.17, 15) is 9.18 Å². The van der Waals surface area contributed by atoms with Gasteiger partial charge in [0.25, 0.3) is 0 Å². The van der Waals surface area contributed by atoms with E-state index < -0.39 is 0 Å². The number of halogens is 1. The second-order valence-corrected chi connectivity index (χ2v) is 6.34. The van der Waals surface area contributed by atoms with E-state index in [1.807, 2.05) is 6.08 Å². The largest absolute Gasteiger partial charge is 0.300 e. The minimum Gasteiger partial charge on any atom is -0.300 e. The van der Waals surface area contributed by atoms with Crippen molar-refractivity contribution in [1.82, 2.24) is 0 Å². The van der Waals surface area contributed by atoms with Crippen LogP contribution < -0.4 is 0 Å². The molecule has 2 rings (SSSR count). The molecule has 2 aliphatic rings. The number of Topliss-reactive ketones (excluding diaryl/α,β-unsaturated/α-hetero) is 1. The first-order valence-electron chi connectivity index (χ1n) is 8.02. The first kappa shape index (κ1) is 14.7. The summed E-state index contributed by atoms with van der Waals surface area (Å²) in [5, 5.41) is 0. The van der Waals surface area contributed by atoms with E-state index in [4.69, 9.17) is 0 Å². The second kappa shape index (κ2) is 7.81. The minimum absolute atomic E-state index is 0.232. The van der Waals surface area contributed by atoms with Crippen LogP contribution in [0.4, 0.5) is 4.39 Å². The zero-order chi connectivity index (χ0) is 13.5. The van der Waals surface area contributed by atoms with Gasteiger partial charge in [0.05, 0.1) is 6.67 Å². The highest BCUT2D eigenvalue weighted by Gasteiger charge is 2.29. The van der Waals surface area contributed by atoms with E-state index in [-0.39, 0.29) is 6.67 Å². The minimum atomic E-state index is -0.232. The molecule has 0 saturated heterocycles. The quantitative estimate of drug-likeness (QED) is 0.650. The fourth-order valence-corrected chi connectivity index (χ4v) is 3.80. The first-order valence-corrected chi connectivity index (χ1v) is 8.02. The fraction of sp³-hybridized carbons (Fsp3) is 0.824. The van der Waals surface area contributed by atoms with Crippen LogP contribution in [0.3, 0.4) is 0 Å². The average molecular weight is 266 g/mol. The number of ketones is 1. The van der Waals surface area contributed by atoms with E-state index in [2.05, 4.69) is 6.08 Å². The summed E-state index contributed by atoms with van der Waals surface area (Å²) in [5.74, 6) is 2.99. The zero-order valence-corrected chi connectivity index (χ0v) is 12.0. The lowest BCUT2D eigenvalue weighted by Crippen LogP contribution is -2.25. The summed E-state index contributed by atoms with van der Waals surface area (Å²) in [4.78, 5) is 11.3.